The number of thioether (sulfide) groups is 1. The first kappa shape index (κ1) is 12.6. The molecule has 3 aromatic rings. The lowest BCUT2D eigenvalue weighted by Crippen LogP contribution is -1.88. The molecular weight excluding hydrogens is 266 g/mol. The minimum absolute atomic E-state index is 0.735. The average Bonchev–Trinajstić information content (AvgIpc) is 2.84. The lowest BCUT2D eigenvalue weighted by Gasteiger charge is -2.03. The Hall–Kier alpha value is -2.38. The van der Waals surface area contributed by atoms with Crippen molar-refractivity contribution in [1.82, 2.24) is 4.40 Å². The number of pyridine rings is 1. The van der Waals surface area contributed by atoms with E-state index in [1.807, 2.05) is 59.3 Å². The molecule has 20 heavy (non-hydrogen) atoms. The molecule has 0 saturated heterocycles. The number of hydrogen-bond acceptors (Lipinski definition) is 3. The first-order valence-corrected chi connectivity index (χ1v) is 7.24. The summed E-state index contributed by atoms with van der Waals surface area (Å²) >= 11 is 1.66. The van der Waals surface area contributed by atoms with Gasteiger partial charge < -0.3 is 10.1 Å². The van der Waals surface area contributed by atoms with E-state index in [4.69, 9.17) is 5.73 Å². The van der Waals surface area contributed by atoms with Gasteiger partial charge in [-0.1, -0.05) is 18.2 Å². The molecule has 2 aromatic heterocycles. The summed E-state index contributed by atoms with van der Waals surface area (Å²) in [5.41, 5.74) is 9.44. The molecule has 2 heterocycles. The zero-order valence-corrected chi connectivity index (χ0v) is 11.6. The molecule has 0 saturated carbocycles. The fourth-order valence-electron chi connectivity index (χ4n) is 2.18. The molecule has 0 radical (unpaired) electrons. The maximum Gasteiger partial charge on any atom is 0.102 e. The topological polar surface area (TPSA) is 54.2 Å². The highest BCUT2D eigenvalue weighted by Gasteiger charge is 2.10. The van der Waals surface area contributed by atoms with Crippen molar-refractivity contribution in [3.63, 3.8) is 0 Å². The van der Waals surface area contributed by atoms with Crippen molar-refractivity contribution in [3.8, 4) is 6.07 Å². The molecule has 2 N–H and O–H groups in total. The summed E-state index contributed by atoms with van der Waals surface area (Å²) in [6.45, 7) is 0. The highest BCUT2D eigenvalue weighted by atomic mass is 32.2. The number of nitrogen functional groups attached to an aromatic ring is 1. The van der Waals surface area contributed by atoms with Gasteiger partial charge in [0, 0.05) is 28.7 Å². The number of fused-ring (bicyclic) bond motifs is 1. The van der Waals surface area contributed by atoms with Crippen molar-refractivity contribution in [2.24, 2.45) is 0 Å². The number of nitriles is 1. The van der Waals surface area contributed by atoms with Crippen LogP contribution in [0.2, 0.25) is 0 Å². The van der Waals surface area contributed by atoms with Gasteiger partial charge in [0.1, 0.15) is 6.07 Å². The zero-order valence-electron chi connectivity index (χ0n) is 10.8. The predicted octanol–water partition coefficient (Wildman–Crippen LogP) is 3.69. The van der Waals surface area contributed by atoms with Crippen LogP contribution in [0.1, 0.15) is 11.1 Å². The van der Waals surface area contributed by atoms with E-state index < -0.39 is 0 Å². The number of nitrogens with zero attached hydrogens (tertiary/aromatic N) is 2. The first-order chi connectivity index (χ1) is 9.79. The minimum Gasteiger partial charge on any atom is -0.398 e. The molecule has 3 rings (SSSR count). The Morgan fingerprint density at radius 2 is 1.95 bits per heavy atom. The highest BCUT2D eigenvalue weighted by molar-refractivity contribution is 7.98. The van der Waals surface area contributed by atoms with Crippen LogP contribution in [0.5, 0.6) is 0 Å². The number of benzene rings is 1. The number of rotatable bonds is 3. The van der Waals surface area contributed by atoms with Gasteiger partial charge in [-0.05, 0) is 29.8 Å². The van der Waals surface area contributed by atoms with Gasteiger partial charge in [0.2, 0.25) is 0 Å². The van der Waals surface area contributed by atoms with Crippen molar-refractivity contribution < 1.29 is 0 Å². The molecule has 4 heteroatoms. The van der Waals surface area contributed by atoms with E-state index >= 15 is 0 Å². The van der Waals surface area contributed by atoms with Crippen molar-refractivity contribution >= 4 is 23.0 Å². The predicted molar refractivity (Wildman–Crippen MR) is 82.5 cm³/mol. The van der Waals surface area contributed by atoms with Gasteiger partial charge in [-0.15, -0.1) is 11.8 Å². The van der Waals surface area contributed by atoms with Crippen molar-refractivity contribution in [2.75, 3.05) is 5.73 Å². The zero-order chi connectivity index (χ0) is 13.9. The standard InChI is InChI=1S/C16H13N3S/c17-9-13-12(10-19-8-4-3-6-15(13)19)11-20-16-7-2-1-5-14(16)18/h1-8,10H,11,18H2. The molecule has 0 bridgehead atoms. The SMILES string of the molecule is N#Cc1c(CSc2ccccc2N)cn2ccccc12. The first-order valence-electron chi connectivity index (χ1n) is 6.25. The van der Waals surface area contributed by atoms with E-state index in [0.717, 1.165) is 33.0 Å². The molecular formula is C16H13N3S. The number of para-hydroxylation sites is 1. The van der Waals surface area contributed by atoms with Crippen LogP contribution in [0, 0.1) is 11.3 Å². The molecule has 0 unspecified atom stereocenters. The quantitative estimate of drug-likeness (QED) is 0.587. The average molecular weight is 279 g/mol. The van der Waals surface area contributed by atoms with Gasteiger partial charge >= 0.3 is 0 Å². The molecule has 0 spiro atoms. The second-order valence-electron chi connectivity index (χ2n) is 4.46. The normalized spacial score (nSPS) is 10.6. The van der Waals surface area contributed by atoms with E-state index in [-0.39, 0.29) is 0 Å². The van der Waals surface area contributed by atoms with Crippen LogP contribution < -0.4 is 5.73 Å². The molecule has 1 aromatic carbocycles. The Balaban J connectivity index is 1.92. The summed E-state index contributed by atoms with van der Waals surface area (Å²) in [6, 6.07) is 16.0. The lowest BCUT2D eigenvalue weighted by molar-refractivity contribution is 1.18. The molecule has 0 fully saturated rings. The summed E-state index contributed by atoms with van der Waals surface area (Å²) in [5.74, 6) is 0.735. The molecule has 0 aliphatic carbocycles. The number of nitrogens with two attached hydrogens (primary N) is 1. The molecule has 0 amide bonds. The van der Waals surface area contributed by atoms with Crippen LogP contribution in [-0.4, -0.2) is 4.40 Å². The van der Waals surface area contributed by atoms with E-state index in [9.17, 15) is 5.26 Å². The van der Waals surface area contributed by atoms with Crippen LogP contribution in [-0.2, 0) is 5.75 Å². The van der Waals surface area contributed by atoms with Crippen LogP contribution in [0.25, 0.3) is 5.52 Å². The summed E-state index contributed by atoms with van der Waals surface area (Å²) in [4.78, 5) is 1.05. The Morgan fingerprint density at radius 3 is 2.75 bits per heavy atom. The van der Waals surface area contributed by atoms with Gasteiger partial charge in [-0.3, -0.25) is 0 Å². The number of anilines is 1. The largest absolute Gasteiger partial charge is 0.398 e. The van der Waals surface area contributed by atoms with Gasteiger partial charge in [0.25, 0.3) is 0 Å². The Labute approximate surface area is 121 Å². The van der Waals surface area contributed by atoms with Crippen molar-refractivity contribution in [3.05, 3.63) is 66.0 Å². The third-order valence-electron chi connectivity index (χ3n) is 3.18. The maximum absolute atomic E-state index is 9.36. The Bertz CT molecular complexity index is 799. The van der Waals surface area contributed by atoms with Crippen LogP contribution in [0.4, 0.5) is 5.69 Å². The van der Waals surface area contributed by atoms with Crippen LogP contribution in [0.3, 0.4) is 0 Å². The summed E-state index contributed by atoms with van der Waals surface area (Å²) in [5, 5.41) is 9.36. The van der Waals surface area contributed by atoms with Crippen molar-refractivity contribution in [2.45, 2.75) is 10.6 Å². The maximum atomic E-state index is 9.36. The second kappa shape index (κ2) is 5.32. The van der Waals surface area contributed by atoms with Gasteiger partial charge in [0.15, 0.2) is 0 Å². The molecule has 98 valence electrons. The number of aromatic nitrogens is 1. The third kappa shape index (κ3) is 2.24. The van der Waals surface area contributed by atoms with E-state index in [0.29, 0.717) is 0 Å². The second-order valence-corrected chi connectivity index (χ2v) is 5.48. The fraction of sp³-hybridized carbons (Fsp3) is 0.0625. The van der Waals surface area contributed by atoms with E-state index in [1.54, 1.807) is 11.8 Å². The lowest BCUT2D eigenvalue weighted by atomic mass is 10.2. The van der Waals surface area contributed by atoms with Gasteiger partial charge in [0.05, 0.1) is 11.1 Å². The Morgan fingerprint density at radius 1 is 1.15 bits per heavy atom. The fourth-order valence-corrected chi connectivity index (χ4v) is 3.12. The molecule has 0 atom stereocenters. The highest BCUT2D eigenvalue weighted by Crippen LogP contribution is 2.30. The Kier molecular flexibility index (Phi) is 3.36. The van der Waals surface area contributed by atoms with Gasteiger partial charge in [-0.2, -0.15) is 5.26 Å². The van der Waals surface area contributed by atoms with E-state index in [2.05, 4.69) is 6.07 Å². The van der Waals surface area contributed by atoms with E-state index in [1.165, 1.54) is 0 Å². The molecule has 0 aliphatic heterocycles. The van der Waals surface area contributed by atoms with Crippen LogP contribution >= 0.6 is 11.8 Å². The summed E-state index contributed by atoms with van der Waals surface area (Å²) in [6.07, 6.45) is 3.97. The third-order valence-corrected chi connectivity index (χ3v) is 4.31. The summed E-state index contributed by atoms with van der Waals surface area (Å²) < 4.78 is 1.99. The molecule has 3 nitrogen and oxygen atoms in total. The van der Waals surface area contributed by atoms with Crippen LogP contribution in [0.15, 0.2) is 59.8 Å². The number of hydrogen-bond donors (Lipinski definition) is 1. The molecule has 0 aliphatic rings. The monoisotopic (exact) mass is 279 g/mol. The minimum atomic E-state index is 0.735. The van der Waals surface area contributed by atoms with Gasteiger partial charge in [-0.25, -0.2) is 0 Å². The smallest absolute Gasteiger partial charge is 0.102 e. The summed E-state index contributed by atoms with van der Waals surface area (Å²) in [7, 11) is 0. The van der Waals surface area contributed by atoms with Crippen molar-refractivity contribution in [1.29, 1.82) is 5.26 Å².